The van der Waals surface area contributed by atoms with Gasteiger partial charge in [-0.25, -0.2) is 0 Å². The van der Waals surface area contributed by atoms with Crippen LogP contribution < -0.4 is 0 Å². The van der Waals surface area contributed by atoms with Crippen LogP contribution in [0.25, 0.3) is 0 Å². The summed E-state index contributed by atoms with van der Waals surface area (Å²) < 4.78 is 37.5. The molecule has 4 rings (SSSR count). The molecule has 4 aliphatic heterocycles. The van der Waals surface area contributed by atoms with E-state index < -0.39 is 35.3 Å². The first kappa shape index (κ1) is 24.9. The minimum Gasteiger partial charge on any atom is -0.442 e. The maximum Gasteiger partial charge on any atom is 0.291 e. The average molecular weight is 469 g/mol. The molecule has 4 heterocycles. The van der Waals surface area contributed by atoms with Gasteiger partial charge in [-0.05, 0) is 34.1 Å². The highest BCUT2D eigenvalue weighted by atomic mass is 16.9. The number of unbranched alkanes of at least 4 members (excludes halogenated alkanes) is 6. The molecule has 0 aliphatic carbocycles. The molecular formula is C24H40N2O7. The largest absolute Gasteiger partial charge is 0.442 e. The summed E-state index contributed by atoms with van der Waals surface area (Å²) in [5, 5.41) is 5.96. The number of rotatable bonds is 8. The molecule has 0 radical (unpaired) electrons. The van der Waals surface area contributed by atoms with Gasteiger partial charge in [-0.2, -0.15) is 5.01 Å². The SMILES string of the molecule is CCCCCCCCCC1=NN(C(C)=O)[C@@]2(O1)[C@@H]1OC(C)(C)O[C@@H]1CO[C@]21COC(C)(C)O1. The van der Waals surface area contributed by atoms with Gasteiger partial charge in [0, 0.05) is 13.3 Å². The second-order valence-electron chi connectivity index (χ2n) is 10.4. The monoisotopic (exact) mass is 468 g/mol. The van der Waals surface area contributed by atoms with E-state index in [2.05, 4.69) is 12.0 Å². The van der Waals surface area contributed by atoms with Crippen molar-refractivity contribution in [2.45, 2.75) is 128 Å². The first-order valence-electron chi connectivity index (χ1n) is 12.5. The molecule has 2 spiro atoms. The van der Waals surface area contributed by atoms with Gasteiger partial charge in [0.1, 0.15) is 12.7 Å². The van der Waals surface area contributed by atoms with Crippen LogP contribution in [0.15, 0.2) is 5.10 Å². The molecular weight excluding hydrogens is 428 g/mol. The van der Waals surface area contributed by atoms with Crippen molar-refractivity contribution < 1.29 is 33.2 Å². The third-order valence-corrected chi connectivity index (χ3v) is 6.71. The summed E-state index contributed by atoms with van der Waals surface area (Å²) in [6.45, 7) is 11.3. The third kappa shape index (κ3) is 4.55. The smallest absolute Gasteiger partial charge is 0.291 e. The van der Waals surface area contributed by atoms with E-state index in [0.29, 0.717) is 12.3 Å². The Morgan fingerprint density at radius 3 is 2.33 bits per heavy atom. The number of nitrogens with zero attached hydrogens (tertiary/aromatic N) is 2. The highest BCUT2D eigenvalue weighted by Crippen LogP contribution is 2.54. The fourth-order valence-corrected chi connectivity index (χ4v) is 5.28. The highest BCUT2D eigenvalue weighted by Gasteiger charge is 2.78. The quantitative estimate of drug-likeness (QED) is 0.497. The fraction of sp³-hybridized carbons (Fsp3) is 0.917. The molecule has 3 saturated heterocycles. The normalized spacial score (nSPS) is 36.3. The lowest BCUT2D eigenvalue weighted by Crippen LogP contribution is -2.76. The van der Waals surface area contributed by atoms with Gasteiger partial charge < -0.3 is 28.4 Å². The predicted octanol–water partition coefficient (Wildman–Crippen LogP) is 4.05. The molecule has 0 aromatic heterocycles. The van der Waals surface area contributed by atoms with Crippen LogP contribution in [0.5, 0.6) is 0 Å². The van der Waals surface area contributed by atoms with Gasteiger partial charge >= 0.3 is 0 Å². The predicted molar refractivity (Wildman–Crippen MR) is 120 cm³/mol. The molecule has 4 aliphatic rings. The third-order valence-electron chi connectivity index (χ3n) is 6.71. The molecule has 3 fully saturated rings. The highest BCUT2D eigenvalue weighted by molar-refractivity contribution is 5.83. The number of hydrazone groups is 1. The number of fused-ring (bicyclic) bond motifs is 3. The van der Waals surface area contributed by atoms with E-state index >= 15 is 0 Å². The Morgan fingerprint density at radius 2 is 1.70 bits per heavy atom. The number of carbonyl (C=O) groups is 1. The minimum atomic E-state index is -1.47. The summed E-state index contributed by atoms with van der Waals surface area (Å²) in [6.07, 6.45) is 7.78. The standard InChI is InChI=1S/C24H40N2O7/c1-7-8-9-10-11-12-13-14-19-25-26(17(2)27)24(31-19)20-18(30-22(5,6)32-20)15-28-23(24)16-29-21(3,4)33-23/h18,20H,7-16H2,1-6H3/t18-,20-,23+,24-/m1/s1. The number of hydrogen-bond donors (Lipinski definition) is 0. The van der Waals surface area contributed by atoms with Crippen molar-refractivity contribution in [1.82, 2.24) is 5.01 Å². The average Bonchev–Trinajstić information content (AvgIpc) is 3.37. The van der Waals surface area contributed by atoms with Crippen molar-refractivity contribution in [3.8, 4) is 0 Å². The Labute approximate surface area is 197 Å². The maximum absolute atomic E-state index is 12.9. The number of ether oxygens (including phenoxy) is 6. The Bertz CT molecular complexity index is 768. The van der Waals surface area contributed by atoms with E-state index in [4.69, 9.17) is 28.4 Å². The molecule has 33 heavy (non-hydrogen) atoms. The van der Waals surface area contributed by atoms with Crippen LogP contribution in [0.2, 0.25) is 0 Å². The summed E-state index contributed by atoms with van der Waals surface area (Å²) in [6, 6.07) is 0. The lowest BCUT2D eigenvalue weighted by Gasteiger charge is -2.52. The van der Waals surface area contributed by atoms with Crippen molar-refractivity contribution in [2.75, 3.05) is 13.2 Å². The van der Waals surface area contributed by atoms with Gasteiger partial charge in [0.05, 0.1) is 6.61 Å². The first-order valence-corrected chi connectivity index (χ1v) is 12.5. The molecule has 9 heteroatoms. The summed E-state index contributed by atoms with van der Waals surface area (Å²) in [5.41, 5.74) is -1.47. The first-order chi connectivity index (χ1) is 15.5. The maximum atomic E-state index is 12.9. The topological polar surface area (TPSA) is 88.1 Å². The summed E-state index contributed by atoms with van der Waals surface area (Å²) in [7, 11) is 0. The number of amides is 1. The van der Waals surface area contributed by atoms with Crippen molar-refractivity contribution in [3.05, 3.63) is 0 Å². The number of hydrogen-bond acceptors (Lipinski definition) is 8. The van der Waals surface area contributed by atoms with Gasteiger partial charge in [0.2, 0.25) is 11.8 Å². The zero-order chi connectivity index (χ0) is 23.9. The Balaban J connectivity index is 1.57. The van der Waals surface area contributed by atoms with E-state index in [9.17, 15) is 4.79 Å². The van der Waals surface area contributed by atoms with Crippen LogP contribution in [0.1, 0.15) is 92.9 Å². The van der Waals surface area contributed by atoms with Gasteiger partial charge in [-0.3, -0.25) is 4.79 Å². The molecule has 4 atom stereocenters. The Kier molecular flexibility index (Phi) is 6.83. The van der Waals surface area contributed by atoms with Gasteiger partial charge in [0.15, 0.2) is 17.7 Å². The van der Waals surface area contributed by atoms with E-state index in [0.717, 1.165) is 12.8 Å². The summed E-state index contributed by atoms with van der Waals surface area (Å²) in [5.74, 6) is -2.96. The fourth-order valence-electron chi connectivity index (χ4n) is 5.28. The van der Waals surface area contributed by atoms with Crippen LogP contribution in [0.3, 0.4) is 0 Å². The lowest BCUT2D eigenvalue weighted by molar-refractivity contribution is -0.386. The zero-order valence-electron chi connectivity index (χ0n) is 21.0. The molecule has 188 valence electrons. The summed E-state index contributed by atoms with van der Waals surface area (Å²) in [4.78, 5) is 12.9. The van der Waals surface area contributed by atoms with Gasteiger partial charge in [-0.1, -0.05) is 45.4 Å². The molecule has 0 aromatic rings. The van der Waals surface area contributed by atoms with Crippen LogP contribution in [0, 0.1) is 0 Å². The summed E-state index contributed by atoms with van der Waals surface area (Å²) >= 11 is 0. The molecule has 0 saturated carbocycles. The molecule has 0 unspecified atom stereocenters. The van der Waals surface area contributed by atoms with E-state index in [-0.39, 0.29) is 19.1 Å². The van der Waals surface area contributed by atoms with Crippen LogP contribution >= 0.6 is 0 Å². The second kappa shape index (κ2) is 9.07. The van der Waals surface area contributed by atoms with Crippen molar-refractivity contribution in [2.24, 2.45) is 5.10 Å². The molecule has 9 nitrogen and oxygen atoms in total. The molecule has 0 bridgehead atoms. The van der Waals surface area contributed by atoms with Crippen molar-refractivity contribution >= 4 is 11.8 Å². The van der Waals surface area contributed by atoms with Crippen LogP contribution in [0.4, 0.5) is 0 Å². The van der Waals surface area contributed by atoms with Crippen LogP contribution in [-0.2, 0) is 33.2 Å². The lowest BCUT2D eigenvalue weighted by atomic mass is 9.88. The zero-order valence-corrected chi connectivity index (χ0v) is 21.0. The Hall–Kier alpha value is -1.26. The van der Waals surface area contributed by atoms with Crippen LogP contribution in [-0.4, -0.2) is 65.3 Å². The number of carbonyl (C=O) groups excluding carboxylic acids is 1. The molecule has 1 amide bonds. The van der Waals surface area contributed by atoms with Gasteiger partial charge in [0.25, 0.3) is 11.5 Å². The van der Waals surface area contributed by atoms with E-state index in [1.54, 1.807) is 0 Å². The minimum absolute atomic E-state index is 0.0804. The Morgan fingerprint density at radius 1 is 1.00 bits per heavy atom. The van der Waals surface area contributed by atoms with Crippen molar-refractivity contribution in [3.63, 3.8) is 0 Å². The van der Waals surface area contributed by atoms with E-state index in [1.807, 2.05) is 27.7 Å². The van der Waals surface area contributed by atoms with Crippen molar-refractivity contribution in [1.29, 1.82) is 0 Å². The second-order valence-corrected chi connectivity index (χ2v) is 10.4. The molecule has 0 aromatic carbocycles. The molecule has 0 N–H and O–H groups in total. The van der Waals surface area contributed by atoms with Gasteiger partial charge in [-0.15, -0.1) is 5.10 Å². The van der Waals surface area contributed by atoms with E-state index in [1.165, 1.54) is 44.0 Å².